The van der Waals surface area contributed by atoms with Gasteiger partial charge in [-0.05, 0) is 51.8 Å². The SMILES string of the molecule is CCn1c(C)cc(C(=O)N2CCCN(c3ccncc3C)CC2)c1C. The average molecular weight is 340 g/mol. The van der Waals surface area contributed by atoms with Crippen LogP contribution >= 0.6 is 0 Å². The molecular weight excluding hydrogens is 312 g/mol. The summed E-state index contributed by atoms with van der Waals surface area (Å²) in [7, 11) is 0. The van der Waals surface area contributed by atoms with E-state index in [1.165, 1.54) is 11.3 Å². The monoisotopic (exact) mass is 340 g/mol. The molecule has 0 unspecified atom stereocenters. The molecule has 1 aliphatic heterocycles. The number of nitrogens with zero attached hydrogens (tertiary/aromatic N) is 4. The lowest BCUT2D eigenvalue weighted by Gasteiger charge is -2.25. The lowest BCUT2D eigenvalue weighted by molar-refractivity contribution is 0.0766. The third kappa shape index (κ3) is 3.41. The third-order valence-corrected chi connectivity index (χ3v) is 5.23. The van der Waals surface area contributed by atoms with Crippen molar-refractivity contribution < 1.29 is 4.79 Å². The zero-order chi connectivity index (χ0) is 18.0. The van der Waals surface area contributed by atoms with E-state index in [0.717, 1.165) is 56.1 Å². The number of aromatic nitrogens is 2. The molecule has 0 spiro atoms. The van der Waals surface area contributed by atoms with Gasteiger partial charge in [-0.25, -0.2) is 0 Å². The molecule has 2 aromatic rings. The highest BCUT2D eigenvalue weighted by molar-refractivity contribution is 5.95. The fraction of sp³-hybridized carbons (Fsp3) is 0.500. The summed E-state index contributed by atoms with van der Waals surface area (Å²) in [6, 6.07) is 4.11. The third-order valence-electron chi connectivity index (χ3n) is 5.23. The second kappa shape index (κ2) is 7.30. The number of rotatable bonds is 3. The minimum Gasteiger partial charge on any atom is -0.369 e. The van der Waals surface area contributed by atoms with E-state index in [1.54, 1.807) is 0 Å². The maximum absolute atomic E-state index is 13.0. The molecule has 2 aromatic heterocycles. The molecule has 0 bridgehead atoms. The van der Waals surface area contributed by atoms with Crippen molar-refractivity contribution in [3.8, 4) is 0 Å². The van der Waals surface area contributed by atoms with Gasteiger partial charge in [-0.15, -0.1) is 0 Å². The first-order valence-corrected chi connectivity index (χ1v) is 9.14. The Morgan fingerprint density at radius 1 is 1.16 bits per heavy atom. The summed E-state index contributed by atoms with van der Waals surface area (Å²) in [5.74, 6) is 0.168. The smallest absolute Gasteiger partial charge is 0.255 e. The van der Waals surface area contributed by atoms with Crippen molar-refractivity contribution in [3.63, 3.8) is 0 Å². The first-order chi connectivity index (χ1) is 12.0. The Morgan fingerprint density at radius 3 is 2.64 bits per heavy atom. The standard InChI is InChI=1S/C20H28N4O/c1-5-24-16(3)13-18(17(24)4)20(25)23-10-6-9-22(11-12-23)19-7-8-21-14-15(19)2/h7-8,13-14H,5-6,9-12H2,1-4H3. The Kier molecular flexibility index (Phi) is 5.11. The largest absolute Gasteiger partial charge is 0.369 e. The van der Waals surface area contributed by atoms with Crippen LogP contribution in [0.4, 0.5) is 5.69 Å². The van der Waals surface area contributed by atoms with Crippen LogP contribution in [0.25, 0.3) is 0 Å². The zero-order valence-electron chi connectivity index (χ0n) is 15.7. The Hall–Kier alpha value is -2.30. The topological polar surface area (TPSA) is 41.4 Å². The highest BCUT2D eigenvalue weighted by Crippen LogP contribution is 2.22. The normalized spacial score (nSPS) is 15.4. The summed E-state index contributed by atoms with van der Waals surface area (Å²) in [5.41, 5.74) is 5.51. The van der Waals surface area contributed by atoms with Crippen molar-refractivity contribution in [2.24, 2.45) is 0 Å². The lowest BCUT2D eigenvalue weighted by atomic mass is 10.2. The molecule has 3 rings (SSSR count). The van der Waals surface area contributed by atoms with E-state index in [-0.39, 0.29) is 5.91 Å². The van der Waals surface area contributed by atoms with E-state index in [1.807, 2.05) is 30.3 Å². The average Bonchev–Trinajstić information content (AvgIpc) is 2.78. The van der Waals surface area contributed by atoms with E-state index in [2.05, 4.69) is 41.3 Å². The van der Waals surface area contributed by atoms with Gasteiger partial charge in [-0.3, -0.25) is 9.78 Å². The predicted octanol–water partition coefficient (Wildman–Crippen LogP) is 3.18. The highest BCUT2D eigenvalue weighted by atomic mass is 16.2. The van der Waals surface area contributed by atoms with E-state index >= 15 is 0 Å². The van der Waals surface area contributed by atoms with Crippen LogP contribution in [0.3, 0.4) is 0 Å². The van der Waals surface area contributed by atoms with E-state index in [0.29, 0.717) is 0 Å². The highest BCUT2D eigenvalue weighted by Gasteiger charge is 2.24. The summed E-state index contributed by atoms with van der Waals surface area (Å²) in [6.07, 6.45) is 4.73. The first-order valence-electron chi connectivity index (χ1n) is 9.14. The fourth-order valence-corrected chi connectivity index (χ4v) is 3.86. The van der Waals surface area contributed by atoms with Crippen LogP contribution in [-0.4, -0.2) is 46.5 Å². The van der Waals surface area contributed by atoms with Crippen LogP contribution in [0.1, 0.15) is 40.7 Å². The van der Waals surface area contributed by atoms with Crippen LogP contribution in [-0.2, 0) is 6.54 Å². The van der Waals surface area contributed by atoms with Crippen LogP contribution < -0.4 is 4.90 Å². The van der Waals surface area contributed by atoms with Crippen molar-refractivity contribution >= 4 is 11.6 Å². The molecule has 1 fully saturated rings. The van der Waals surface area contributed by atoms with Crippen molar-refractivity contribution in [2.75, 3.05) is 31.1 Å². The molecule has 5 heteroatoms. The van der Waals surface area contributed by atoms with Crippen molar-refractivity contribution in [1.82, 2.24) is 14.5 Å². The van der Waals surface area contributed by atoms with Crippen molar-refractivity contribution in [3.05, 3.63) is 47.0 Å². The summed E-state index contributed by atoms with van der Waals surface area (Å²) >= 11 is 0. The molecule has 0 aromatic carbocycles. The molecule has 5 nitrogen and oxygen atoms in total. The van der Waals surface area contributed by atoms with E-state index in [4.69, 9.17) is 0 Å². The molecule has 1 saturated heterocycles. The number of anilines is 1. The van der Waals surface area contributed by atoms with Crippen LogP contribution in [0.5, 0.6) is 0 Å². The number of amides is 1. The molecule has 1 aliphatic rings. The maximum atomic E-state index is 13.0. The minimum atomic E-state index is 0.168. The van der Waals surface area contributed by atoms with Crippen LogP contribution in [0.15, 0.2) is 24.5 Å². The van der Waals surface area contributed by atoms with Gasteiger partial charge >= 0.3 is 0 Å². The lowest BCUT2D eigenvalue weighted by Crippen LogP contribution is -2.35. The molecular formula is C20H28N4O. The number of carbonyl (C=O) groups excluding carboxylic acids is 1. The number of hydrogen-bond acceptors (Lipinski definition) is 3. The van der Waals surface area contributed by atoms with E-state index < -0.39 is 0 Å². The molecule has 134 valence electrons. The minimum absolute atomic E-state index is 0.168. The van der Waals surface area contributed by atoms with Gasteiger partial charge in [0.1, 0.15) is 0 Å². The quantitative estimate of drug-likeness (QED) is 0.862. The van der Waals surface area contributed by atoms with Crippen LogP contribution in [0.2, 0.25) is 0 Å². The second-order valence-electron chi connectivity index (χ2n) is 6.82. The molecule has 0 N–H and O–H groups in total. The van der Waals surface area contributed by atoms with Gasteiger partial charge in [0, 0.05) is 62.2 Å². The maximum Gasteiger partial charge on any atom is 0.255 e. The molecule has 0 aliphatic carbocycles. The predicted molar refractivity (Wildman–Crippen MR) is 101 cm³/mol. The fourth-order valence-electron chi connectivity index (χ4n) is 3.86. The summed E-state index contributed by atoms with van der Waals surface area (Å²) < 4.78 is 2.21. The second-order valence-corrected chi connectivity index (χ2v) is 6.82. The summed E-state index contributed by atoms with van der Waals surface area (Å²) in [6.45, 7) is 12.7. The molecule has 0 atom stereocenters. The number of hydrogen-bond donors (Lipinski definition) is 0. The molecule has 0 radical (unpaired) electrons. The van der Waals surface area contributed by atoms with Gasteiger partial charge in [0.2, 0.25) is 0 Å². The van der Waals surface area contributed by atoms with Gasteiger partial charge in [0.05, 0.1) is 5.56 Å². The number of pyridine rings is 1. The molecule has 1 amide bonds. The van der Waals surface area contributed by atoms with Gasteiger partial charge in [0.15, 0.2) is 0 Å². The van der Waals surface area contributed by atoms with Gasteiger partial charge < -0.3 is 14.4 Å². The molecule has 0 saturated carbocycles. The Morgan fingerprint density at radius 2 is 1.96 bits per heavy atom. The Bertz CT molecular complexity index is 765. The summed E-state index contributed by atoms with van der Waals surface area (Å²) in [4.78, 5) is 21.6. The first kappa shape index (κ1) is 17.5. The zero-order valence-corrected chi connectivity index (χ0v) is 15.7. The summed E-state index contributed by atoms with van der Waals surface area (Å²) in [5, 5.41) is 0. The van der Waals surface area contributed by atoms with Crippen molar-refractivity contribution in [2.45, 2.75) is 40.7 Å². The molecule has 25 heavy (non-hydrogen) atoms. The van der Waals surface area contributed by atoms with E-state index in [9.17, 15) is 4.79 Å². The Balaban J connectivity index is 1.75. The Labute approximate surface area is 150 Å². The van der Waals surface area contributed by atoms with Gasteiger partial charge in [-0.1, -0.05) is 0 Å². The molecule has 3 heterocycles. The number of carbonyl (C=O) groups is 1. The van der Waals surface area contributed by atoms with Gasteiger partial charge in [0.25, 0.3) is 5.91 Å². The van der Waals surface area contributed by atoms with Crippen molar-refractivity contribution in [1.29, 1.82) is 0 Å². The van der Waals surface area contributed by atoms with Crippen LogP contribution in [0, 0.1) is 20.8 Å². The number of aryl methyl sites for hydroxylation is 2. The van der Waals surface area contributed by atoms with Gasteiger partial charge in [-0.2, -0.15) is 0 Å².